The van der Waals surface area contributed by atoms with Gasteiger partial charge in [0.2, 0.25) is 0 Å². The third-order valence-electron chi connectivity index (χ3n) is 4.98. The molecule has 2 aromatic carbocycles. The minimum atomic E-state index is -0.216. The molecule has 5 heteroatoms. The van der Waals surface area contributed by atoms with Crippen LogP contribution in [0.5, 0.6) is 5.75 Å². The van der Waals surface area contributed by atoms with Crippen molar-refractivity contribution >= 4 is 17.2 Å². The Kier molecular flexibility index (Phi) is 6.08. The minimum absolute atomic E-state index is 0.0577. The number of benzene rings is 2. The lowest BCUT2D eigenvalue weighted by Crippen LogP contribution is -2.15. The van der Waals surface area contributed by atoms with Crippen molar-refractivity contribution in [2.24, 2.45) is 12.0 Å². The highest BCUT2D eigenvalue weighted by Gasteiger charge is 2.16. The molecule has 0 aliphatic heterocycles. The van der Waals surface area contributed by atoms with Crippen molar-refractivity contribution in [1.82, 2.24) is 4.57 Å². The summed E-state index contributed by atoms with van der Waals surface area (Å²) in [6, 6.07) is 15.7. The van der Waals surface area contributed by atoms with Crippen molar-refractivity contribution in [3.63, 3.8) is 0 Å². The van der Waals surface area contributed by atoms with Crippen LogP contribution in [-0.4, -0.2) is 17.6 Å². The Labute approximate surface area is 176 Å². The van der Waals surface area contributed by atoms with Gasteiger partial charge in [0.15, 0.2) is 4.80 Å². The van der Waals surface area contributed by atoms with Crippen LogP contribution in [-0.2, 0) is 18.9 Å². The largest absolute Gasteiger partial charge is 0.497 e. The zero-order chi connectivity index (χ0) is 21.2. The number of nitrogens with zero attached hydrogens (tertiary/aromatic N) is 2. The molecule has 152 valence electrons. The van der Waals surface area contributed by atoms with Crippen molar-refractivity contribution in [3.05, 3.63) is 69.3 Å². The molecule has 0 unspecified atom stereocenters. The van der Waals surface area contributed by atoms with Crippen LogP contribution in [0.2, 0.25) is 0 Å². The number of carbonyl (C=O) groups is 1. The Morgan fingerprint density at radius 2 is 1.69 bits per heavy atom. The first kappa shape index (κ1) is 21.1. The second-order valence-corrected chi connectivity index (χ2v) is 9.10. The highest BCUT2D eigenvalue weighted by molar-refractivity contribution is 7.09. The van der Waals surface area contributed by atoms with E-state index in [0.29, 0.717) is 10.4 Å². The zero-order valence-electron chi connectivity index (χ0n) is 17.9. The van der Waals surface area contributed by atoms with Crippen molar-refractivity contribution in [2.75, 3.05) is 7.11 Å². The summed E-state index contributed by atoms with van der Waals surface area (Å²) in [6.45, 7) is 8.60. The van der Waals surface area contributed by atoms with Gasteiger partial charge >= 0.3 is 0 Å². The van der Waals surface area contributed by atoms with Gasteiger partial charge in [-0.15, -0.1) is 11.3 Å². The molecule has 3 rings (SSSR count). The summed E-state index contributed by atoms with van der Waals surface area (Å²) in [7, 11) is 3.62. The van der Waals surface area contributed by atoms with Gasteiger partial charge in [-0.3, -0.25) is 4.79 Å². The molecule has 4 nitrogen and oxygen atoms in total. The number of methoxy groups -OCH3 is 1. The smallest absolute Gasteiger partial charge is 0.279 e. The van der Waals surface area contributed by atoms with E-state index in [1.165, 1.54) is 10.4 Å². The summed E-state index contributed by atoms with van der Waals surface area (Å²) in [5, 5.41) is 0. The summed E-state index contributed by atoms with van der Waals surface area (Å²) in [5.41, 5.74) is 4.04. The normalized spacial score (nSPS) is 12.3. The van der Waals surface area contributed by atoms with Crippen LogP contribution in [0.25, 0.3) is 11.3 Å². The molecule has 0 aliphatic carbocycles. The van der Waals surface area contributed by atoms with E-state index >= 15 is 0 Å². The fraction of sp³-hybridized carbons (Fsp3) is 0.333. The van der Waals surface area contributed by atoms with Crippen molar-refractivity contribution < 1.29 is 9.53 Å². The number of hydrogen-bond donors (Lipinski definition) is 0. The standard InChI is InChI=1S/C24H28N2O2S/c1-7-20-21(16-10-14-19(28-6)15-11-16)26(5)23(29-20)25-22(27)17-8-12-18(13-9-17)24(2,3)4/h8-15H,7H2,1-6H3. The fourth-order valence-electron chi connectivity index (χ4n) is 3.21. The number of thiazole rings is 1. The molecule has 0 spiro atoms. The van der Waals surface area contributed by atoms with Crippen LogP contribution in [0.1, 0.15) is 48.5 Å². The van der Waals surface area contributed by atoms with Gasteiger partial charge in [-0.25, -0.2) is 0 Å². The van der Waals surface area contributed by atoms with Gasteiger partial charge in [0.1, 0.15) is 5.75 Å². The summed E-state index contributed by atoms with van der Waals surface area (Å²) < 4.78 is 7.27. The molecule has 0 atom stereocenters. The number of carbonyl (C=O) groups excluding carboxylic acids is 1. The van der Waals surface area contributed by atoms with Gasteiger partial charge in [0, 0.05) is 17.5 Å². The zero-order valence-corrected chi connectivity index (χ0v) is 18.8. The second-order valence-electron chi connectivity index (χ2n) is 8.04. The topological polar surface area (TPSA) is 43.6 Å². The monoisotopic (exact) mass is 408 g/mol. The average molecular weight is 409 g/mol. The second kappa shape index (κ2) is 8.37. The molecule has 0 bridgehead atoms. The van der Waals surface area contributed by atoms with E-state index in [2.05, 4.69) is 32.7 Å². The van der Waals surface area contributed by atoms with Crippen LogP contribution in [0.4, 0.5) is 0 Å². The summed E-state index contributed by atoms with van der Waals surface area (Å²) in [6.07, 6.45) is 0.879. The molecule has 0 saturated carbocycles. The molecule has 29 heavy (non-hydrogen) atoms. The fourth-order valence-corrected chi connectivity index (χ4v) is 4.29. The summed E-state index contributed by atoms with van der Waals surface area (Å²) in [5.74, 6) is 0.606. The van der Waals surface area contributed by atoms with Gasteiger partial charge < -0.3 is 9.30 Å². The van der Waals surface area contributed by atoms with E-state index < -0.39 is 0 Å². The number of ether oxygens (including phenoxy) is 1. The van der Waals surface area contributed by atoms with Gasteiger partial charge in [-0.2, -0.15) is 4.99 Å². The van der Waals surface area contributed by atoms with Crippen molar-refractivity contribution in [1.29, 1.82) is 0 Å². The van der Waals surface area contributed by atoms with Gasteiger partial charge in [-0.1, -0.05) is 39.8 Å². The Morgan fingerprint density at radius 1 is 1.07 bits per heavy atom. The third-order valence-corrected chi connectivity index (χ3v) is 6.26. The van der Waals surface area contributed by atoms with E-state index in [1.807, 2.05) is 60.1 Å². The minimum Gasteiger partial charge on any atom is -0.497 e. The van der Waals surface area contributed by atoms with Gasteiger partial charge in [0.25, 0.3) is 5.91 Å². The molecule has 0 fully saturated rings. The Morgan fingerprint density at radius 3 is 2.21 bits per heavy atom. The Hall–Kier alpha value is -2.66. The molecule has 1 amide bonds. The molecule has 0 aliphatic rings. The molecular weight excluding hydrogens is 380 g/mol. The van der Waals surface area contributed by atoms with Crippen molar-refractivity contribution in [2.45, 2.75) is 39.5 Å². The number of aryl methyl sites for hydroxylation is 1. The van der Waals surface area contributed by atoms with Crippen molar-refractivity contribution in [3.8, 4) is 17.0 Å². The Bertz CT molecular complexity index is 1070. The lowest BCUT2D eigenvalue weighted by atomic mass is 9.87. The van der Waals surface area contributed by atoms with E-state index in [0.717, 1.165) is 23.4 Å². The maximum Gasteiger partial charge on any atom is 0.279 e. The Balaban J connectivity index is 1.99. The maximum absolute atomic E-state index is 12.8. The van der Waals surface area contributed by atoms with Crippen LogP contribution in [0.3, 0.4) is 0 Å². The van der Waals surface area contributed by atoms with E-state index in [4.69, 9.17) is 4.74 Å². The molecule has 1 aromatic heterocycles. The first-order chi connectivity index (χ1) is 13.7. The quantitative estimate of drug-likeness (QED) is 0.583. The summed E-state index contributed by atoms with van der Waals surface area (Å²) >= 11 is 1.57. The average Bonchev–Trinajstić information content (AvgIpc) is 3.02. The molecule has 0 N–H and O–H groups in total. The first-order valence-corrected chi connectivity index (χ1v) is 10.6. The number of rotatable bonds is 4. The van der Waals surface area contributed by atoms with Crippen LogP contribution in [0, 0.1) is 0 Å². The molecule has 0 radical (unpaired) electrons. The lowest BCUT2D eigenvalue weighted by molar-refractivity contribution is 0.0998. The predicted octanol–water partition coefficient (Wildman–Crippen LogP) is 5.36. The van der Waals surface area contributed by atoms with Crippen LogP contribution in [0.15, 0.2) is 53.5 Å². The molecular formula is C24H28N2O2S. The van der Waals surface area contributed by atoms with E-state index in [9.17, 15) is 4.79 Å². The maximum atomic E-state index is 12.8. The highest BCUT2D eigenvalue weighted by Crippen LogP contribution is 2.27. The third kappa shape index (κ3) is 4.51. The molecule has 1 heterocycles. The van der Waals surface area contributed by atoms with Crippen LogP contribution < -0.4 is 9.54 Å². The first-order valence-electron chi connectivity index (χ1n) is 9.77. The number of amides is 1. The highest BCUT2D eigenvalue weighted by atomic mass is 32.1. The number of hydrogen-bond acceptors (Lipinski definition) is 3. The van der Waals surface area contributed by atoms with Gasteiger partial charge in [-0.05, 0) is 59.4 Å². The van der Waals surface area contributed by atoms with Gasteiger partial charge in [0.05, 0.1) is 12.8 Å². The molecule has 3 aromatic rings. The summed E-state index contributed by atoms with van der Waals surface area (Å²) in [4.78, 5) is 19.1. The molecule has 0 saturated heterocycles. The van der Waals surface area contributed by atoms with Crippen LogP contribution >= 0.6 is 11.3 Å². The lowest BCUT2D eigenvalue weighted by Gasteiger charge is -2.18. The van der Waals surface area contributed by atoms with E-state index in [-0.39, 0.29) is 11.3 Å². The predicted molar refractivity (Wildman–Crippen MR) is 120 cm³/mol. The SMILES string of the molecule is CCc1sc(=NC(=O)c2ccc(C(C)(C)C)cc2)n(C)c1-c1ccc(OC)cc1. The number of aromatic nitrogens is 1. The van der Waals surface area contributed by atoms with E-state index in [1.54, 1.807) is 18.4 Å².